The minimum absolute atomic E-state index is 0.325. The fourth-order valence-electron chi connectivity index (χ4n) is 2.09. The topological polar surface area (TPSA) is 48.3 Å². The van der Waals surface area contributed by atoms with Crippen molar-refractivity contribution in [1.29, 1.82) is 0 Å². The number of esters is 1. The van der Waals surface area contributed by atoms with Gasteiger partial charge in [-0.15, -0.1) is 0 Å². The van der Waals surface area contributed by atoms with Gasteiger partial charge in [-0.05, 0) is 13.0 Å². The zero-order chi connectivity index (χ0) is 12.4. The van der Waals surface area contributed by atoms with E-state index in [0.717, 1.165) is 10.9 Å². The average Bonchev–Trinajstić information content (AvgIpc) is 2.71. The second kappa shape index (κ2) is 4.41. The lowest BCUT2D eigenvalue weighted by atomic mass is 10.1. The van der Waals surface area contributed by atoms with Gasteiger partial charge < -0.3 is 9.30 Å². The Morgan fingerprint density at radius 1 is 1.41 bits per heavy atom. The fourth-order valence-corrected chi connectivity index (χ4v) is 2.09. The van der Waals surface area contributed by atoms with Crippen LogP contribution in [0.1, 0.15) is 27.8 Å². The molecule has 0 aliphatic carbocycles. The minimum atomic E-state index is -0.481. The quantitative estimate of drug-likeness (QED) is 0.601. The van der Waals surface area contributed by atoms with Crippen LogP contribution in [0.5, 0.6) is 0 Å². The van der Waals surface area contributed by atoms with Gasteiger partial charge in [0.2, 0.25) is 0 Å². The predicted molar refractivity (Wildman–Crippen MR) is 64.3 cm³/mol. The molecule has 0 saturated heterocycles. The first-order valence-electron chi connectivity index (χ1n) is 5.39. The van der Waals surface area contributed by atoms with Gasteiger partial charge in [0.1, 0.15) is 5.69 Å². The number of carbonyl (C=O) groups excluding carboxylic acids is 2. The maximum atomic E-state index is 11.7. The Hall–Kier alpha value is -2.10. The van der Waals surface area contributed by atoms with Crippen molar-refractivity contribution in [1.82, 2.24) is 4.57 Å². The van der Waals surface area contributed by atoms with Gasteiger partial charge in [0, 0.05) is 17.4 Å². The molecular formula is C13H13NO3. The number of methoxy groups -OCH3 is 1. The van der Waals surface area contributed by atoms with E-state index in [2.05, 4.69) is 0 Å². The third kappa shape index (κ3) is 1.62. The summed E-state index contributed by atoms with van der Waals surface area (Å²) < 4.78 is 6.53. The molecule has 0 radical (unpaired) electrons. The van der Waals surface area contributed by atoms with Crippen LogP contribution < -0.4 is 0 Å². The summed E-state index contributed by atoms with van der Waals surface area (Å²) in [5.74, 6) is -0.481. The molecule has 0 saturated carbocycles. The zero-order valence-corrected chi connectivity index (χ0v) is 9.77. The molecule has 4 nitrogen and oxygen atoms in total. The highest BCUT2D eigenvalue weighted by Gasteiger charge is 2.21. The van der Waals surface area contributed by atoms with Crippen molar-refractivity contribution in [2.45, 2.75) is 13.5 Å². The highest BCUT2D eigenvalue weighted by Crippen LogP contribution is 2.25. The predicted octanol–water partition coefficient (Wildman–Crippen LogP) is 2.26. The summed E-state index contributed by atoms with van der Waals surface area (Å²) in [6.07, 6.45) is 0.709. The van der Waals surface area contributed by atoms with Crippen molar-refractivity contribution in [3.63, 3.8) is 0 Å². The van der Waals surface area contributed by atoms with Gasteiger partial charge >= 0.3 is 5.97 Å². The van der Waals surface area contributed by atoms with Gasteiger partial charge in [-0.3, -0.25) is 4.79 Å². The largest absolute Gasteiger partial charge is 0.464 e. The third-order valence-electron chi connectivity index (χ3n) is 2.82. The van der Waals surface area contributed by atoms with Gasteiger partial charge in [0.25, 0.3) is 0 Å². The summed E-state index contributed by atoms with van der Waals surface area (Å²) in [4.78, 5) is 22.9. The molecule has 2 rings (SSSR count). The number of aromatic nitrogens is 1. The van der Waals surface area contributed by atoms with Crippen LogP contribution in [0.2, 0.25) is 0 Å². The number of rotatable bonds is 3. The van der Waals surface area contributed by atoms with E-state index in [9.17, 15) is 9.59 Å². The number of carbonyl (C=O) groups is 2. The van der Waals surface area contributed by atoms with Crippen molar-refractivity contribution in [2.24, 2.45) is 0 Å². The first kappa shape index (κ1) is 11.4. The summed E-state index contributed by atoms with van der Waals surface area (Å²) >= 11 is 0. The van der Waals surface area contributed by atoms with E-state index in [-0.39, 0.29) is 0 Å². The minimum Gasteiger partial charge on any atom is -0.464 e. The molecule has 1 aromatic heterocycles. The van der Waals surface area contributed by atoms with Gasteiger partial charge in [0.15, 0.2) is 6.29 Å². The molecule has 0 aliphatic heterocycles. The molecule has 17 heavy (non-hydrogen) atoms. The molecule has 0 unspecified atom stereocenters. The average molecular weight is 231 g/mol. The Morgan fingerprint density at radius 3 is 2.71 bits per heavy atom. The molecule has 1 heterocycles. The lowest BCUT2D eigenvalue weighted by Crippen LogP contribution is -2.11. The second-order valence-electron chi connectivity index (χ2n) is 3.63. The Balaban J connectivity index is 2.88. The third-order valence-corrected chi connectivity index (χ3v) is 2.82. The zero-order valence-electron chi connectivity index (χ0n) is 9.77. The van der Waals surface area contributed by atoms with Crippen LogP contribution in [-0.4, -0.2) is 23.9 Å². The highest BCUT2D eigenvalue weighted by molar-refractivity contribution is 6.08. The number of nitrogens with zero attached hydrogens (tertiary/aromatic N) is 1. The molecule has 4 heteroatoms. The summed E-state index contributed by atoms with van der Waals surface area (Å²) in [5, 5.41) is 0.782. The Labute approximate surface area is 98.8 Å². The van der Waals surface area contributed by atoms with E-state index in [1.54, 1.807) is 4.57 Å². The number of hydrogen-bond donors (Lipinski definition) is 0. The van der Waals surface area contributed by atoms with Crippen LogP contribution in [-0.2, 0) is 11.3 Å². The van der Waals surface area contributed by atoms with E-state index in [4.69, 9.17) is 4.74 Å². The van der Waals surface area contributed by atoms with E-state index in [1.165, 1.54) is 7.11 Å². The number of aldehydes is 1. The van der Waals surface area contributed by atoms with Gasteiger partial charge in [-0.2, -0.15) is 0 Å². The maximum Gasteiger partial charge on any atom is 0.355 e. The summed E-state index contributed by atoms with van der Waals surface area (Å²) in [6.45, 7) is 2.53. The number of fused-ring (bicyclic) bond motifs is 1. The lowest BCUT2D eigenvalue weighted by molar-refractivity contribution is 0.0587. The number of benzene rings is 1. The fraction of sp³-hybridized carbons (Fsp3) is 0.231. The molecule has 1 aromatic carbocycles. The van der Waals surface area contributed by atoms with Crippen LogP contribution in [0.4, 0.5) is 0 Å². The molecule has 0 amide bonds. The molecule has 0 spiro atoms. The van der Waals surface area contributed by atoms with Crippen molar-refractivity contribution in [3.8, 4) is 0 Å². The highest BCUT2D eigenvalue weighted by atomic mass is 16.5. The van der Waals surface area contributed by atoms with Crippen LogP contribution in [0.25, 0.3) is 10.9 Å². The first-order chi connectivity index (χ1) is 8.24. The van der Waals surface area contributed by atoms with Crippen LogP contribution in [0.15, 0.2) is 24.3 Å². The van der Waals surface area contributed by atoms with Crippen molar-refractivity contribution < 1.29 is 14.3 Å². The number of ether oxygens (including phenoxy) is 1. The Kier molecular flexibility index (Phi) is 2.95. The summed E-state index contributed by atoms with van der Waals surface area (Å²) in [6, 6.07) is 7.44. The van der Waals surface area contributed by atoms with E-state index < -0.39 is 5.97 Å². The van der Waals surface area contributed by atoms with Gasteiger partial charge in [-0.1, -0.05) is 18.2 Å². The van der Waals surface area contributed by atoms with Crippen LogP contribution >= 0.6 is 0 Å². The van der Waals surface area contributed by atoms with Crippen molar-refractivity contribution in [3.05, 3.63) is 35.5 Å². The van der Waals surface area contributed by atoms with Crippen molar-refractivity contribution >= 4 is 23.2 Å². The summed E-state index contributed by atoms with van der Waals surface area (Å²) in [5.41, 5.74) is 1.60. The second-order valence-corrected chi connectivity index (χ2v) is 3.63. The molecule has 0 bridgehead atoms. The number of hydrogen-bond acceptors (Lipinski definition) is 3. The summed E-state index contributed by atoms with van der Waals surface area (Å²) in [7, 11) is 1.31. The van der Waals surface area contributed by atoms with Gasteiger partial charge in [-0.25, -0.2) is 4.79 Å². The Bertz CT molecular complexity index is 584. The van der Waals surface area contributed by atoms with E-state index in [1.807, 2.05) is 31.2 Å². The first-order valence-corrected chi connectivity index (χ1v) is 5.39. The van der Waals surface area contributed by atoms with Crippen LogP contribution in [0.3, 0.4) is 0 Å². The molecule has 0 N–H and O–H groups in total. The normalized spacial score (nSPS) is 10.5. The smallest absolute Gasteiger partial charge is 0.355 e. The maximum absolute atomic E-state index is 11.7. The van der Waals surface area contributed by atoms with E-state index >= 15 is 0 Å². The lowest BCUT2D eigenvalue weighted by Gasteiger charge is -2.05. The monoisotopic (exact) mass is 231 g/mol. The molecule has 0 aliphatic rings. The van der Waals surface area contributed by atoms with Crippen molar-refractivity contribution in [2.75, 3.05) is 7.11 Å². The molecule has 88 valence electrons. The number of para-hydroxylation sites is 1. The standard InChI is InChI=1S/C13H13NO3/c1-3-14-11-7-5-4-6-9(11)10(8-15)12(14)13(16)17-2/h4-8H,3H2,1-2H3. The van der Waals surface area contributed by atoms with E-state index in [0.29, 0.717) is 24.1 Å². The number of aryl methyl sites for hydroxylation is 1. The molecule has 2 aromatic rings. The molecular weight excluding hydrogens is 218 g/mol. The molecule has 0 atom stereocenters. The SMILES string of the molecule is CCn1c(C(=O)OC)c(C=O)c2ccccc21. The molecule has 0 fully saturated rings. The van der Waals surface area contributed by atoms with Gasteiger partial charge in [0.05, 0.1) is 12.7 Å². The Morgan fingerprint density at radius 2 is 2.12 bits per heavy atom. The van der Waals surface area contributed by atoms with Crippen LogP contribution in [0, 0.1) is 0 Å².